The van der Waals surface area contributed by atoms with Crippen molar-refractivity contribution in [3.8, 4) is 5.75 Å². The van der Waals surface area contributed by atoms with Gasteiger partial charge in [-0.05, 0) is 55.0 Å². The molecule has 2 rings (SSSR count). The van der Waals surface area contributed by atoms with E-state index in [1.54, 1.807) is 44.4 Å². The molecule has 4 heteroatoms. The third kappa shape index (κ3) is 3.10. The molecule has 3 nitrogen and oxygen atoms in total. The molecule has 2 aromatic rings. The highest BCUT2D eigenvalue weighted by Gasteiger charge is 2.07. The first-order valence-corrected chi connectivity index (χ1v) is 5.81. The monoisotopic (exact) mass is 259 g/mol. The number of hydrogen-bond acceptors (Lipinski definition) is 2. The topological polar surface area (TPSA) is 38.3 Å². The van der Waals surface area contributed by atoms with Crippen molar-refractivity contribution in [3.63, 3.8) is 0 Å². The van der Waals surface area contributed by atoms with E-state index >= 15 is 0 Å². The van der Waals surface area contributed by atoms with E-state index < -0.39 is 0 Å². The van der Waals surface area contributed by atoms with Crippen molar-refractivity contribution in [2.45, 2.75) is 6.92 Å². The van der Waals surface area contributed by atoms with Crippen molar-refractivity contribution < 1.29 is 13.9 Å². The van der Waals surface area contributed by atoms with Crippen LogP contribution < -0.4 is 10.1 Å². The zero-order valence-electron chi connectivity index (χ0n) is 10.7. The third-order valence-corrected chi connectivity index (χ3v) is 2.77. The lowest BCUT2D eigenvalue weighted by molar-refractivity contribution is 0.102. The second-order valence-electron chi connectivity index (χ2n) is 4.15. The molecule has 0 saturated carbocycles. The molecule has 0 aliphatic carbocycles. The first-order chi connectivity index (χ1) is 9.10. The molecule has 0 aliphatic rings. The second-order valence-corrected chi connectivity index (χ2v) is 4.15. The van der Waals surface area contributed by atoms with Gasteiger partial charge >= 0.3 is 0 Å². The summed E-state index contributed by atoms with van der Waals surface area (Å²) in [5, 5.41) is 2.72. The van der Waals surface area contributed by atoms with Crippen molar-refractivity contribution in [2.75, 3.05) is 12.4 Å². The summed E-state index contributed by atoms with van der Waals surface area (Å²) >= 11 is 0. The Morgan fingerprint density at radius 3 is 2.42 bits per heavy atom. The average Bonchev–Trinajstić information content (AvgIpc) is 2.43. The first kappa shape index (κ1) is 13.1. The van der Waals surface area contributed by atoms with Crippen LogP contribution in [0.3, 0.4) is 0 Å². The molecule has 19 heavy (non-hydrogen) atoms. The molecule has 0 radical (unpaired) electrons. The zero-order valence-corrected chi connectivity index (χ0v) is 10.7. The van der Waals surface area contributed by atoms with Gasteiger partial charge < -0.3 is 10.1 Å². The van der Waals surface area contributed by atoms with Crippen molar-refractivity contribution in [3.05, 3.63) is 59.4 Å². The Morgan fingerprint density at radius 2 is 1.84 bits per heavy atom. The van der Waals surface area contributed by atoms with E-state index in [1.807, 2.05) is 0 Å². The number of nitrogens with one attached hydrogen (secondary N) is 1. The van der Waals surface area contributed by atoms with E-state index in [0.29, 0.717) is 22.6 Å². The van der Waals surface area contributed by atoms with Gasteiger partial charge in [-0.15, -0.1) is 0 Å². The highest BCUT2D eigenvalue weighted by atomic mass is 19.1. The molecule has 0 fully saturated rings. The van der Waals surface area contributed by atoms with Gasteiger partial charge in [-0.25, -0.2) is 4.39 Å². The Bertz CT molecular complexity index is 594. The minimum atomic E-state index is -0.289. The molecule has 0 atom stereocenters. The molecule has 98 valence electrons. The van der Waals surface area contributed by atoms with Crippen LogP contribution in [-0.4, -0.2) is 13.0 Å². The van der Waals surface area contributed by atoms with E-state index in [2.05, 4.69) is 5.32 Å². The molecule has 0 spiro atoms. The maximum atomic E-state index is 13.1. The van der Waals surface area contributed by atoms with Crippen LogP contribution in [0.5, 0.6) is 5.75 Å². The summed E-state index contributed by atoms with van der Waals surface area (Å²) in [6.07, 6.45) is 0. The van der Waals surface area contributed by atoms with Crippen LogP contribution in [0.15, 0.2) is 42.5 Å². The summed E-state index contributed by atoms with van der Waals surface area (Å²) in [7, 11) is 1.57. The van der Waals surface area contributed by atoms with Crippen LogP contribution in [0, 0.1) is 12.7 Å². The lowest BCUT2D eigenvalue weighted by Gasteiger charge is -2.07. The van der Waals surface area contributed by atoms with E-state index in [-0.39, 0.29) is 11.7 Å². The number of halogens is 1. The largest absolute Gasteiger partial charge is 0.497 e. The molecule has 0 aromatic heterocycles. The number of carbonyl (C=O) groups excluding carboxylic acids is 1. The van der Waals surface area contributed by atoms with Gasteiger partial charge in [0.25, 0.3) is 5.91 Å². The predicted octanol–water partition coefficient (Wildman–Crippen LogP) is 3.40. The number of methoxy groups -OCH3 is 1. The van der Waals surface area contributed by atoms with Gasteiger partial charge in [0.2, 0.25) is 0 Å². The average molecular weight is 259 g/mol. The highest BCUT2D eigenvalue weighted by molar-refractivity contribution is 6.04. The summed E-state index contributed by atoms with van der Waals surface area (Å²) in [5.41, 5.74) is 1.58. The van der Waals surface area contributed by atoms with Crippen LogP contribution >= 0.6 is 0 Å². The molecule has 0 aliphatic heterocycles. The van der Waals surface area contributed by atoms with Crippen LogP contribution in [0.1, 0.15) is 15.9 Å². The van der Waals surface area contributed by atoms with E-state index in [0.717, 1.165) is 0 Å². The van der Waals surface area contributed by atoms with Gasteiger partial charge in [-0.3, -0.25) is 4.79 Å². The molecule has 0 bridgehead atoms. The van der Waals surface area contributed by atoms with Gasteiger partial charge in [-0.1, -0.05) is 0 Å². The minimum Gasteiger partial charge on any atom is -0.497 e. The number of carbonyl (C=O) groups is 1. The maximum absolute atomic E-state index is 13.1. The summed E-state index contributed by atoms with van der Waals surface area (Å²) in [6.45, 7) is 1.65. The lowest BCUT2D eigenvalue weighted by Crippen LogP contribution is -2.11. The Hall–Kier alpha value is -2.36. The molecule has 0 heterocycles. The fraction of sp³-hybridized carbons (Fsp3) is 0.133. The van der Waals surface area contributed by atoms with Crippen LogP contribution in [0.25, 0.3) is 0 Å². The number of hydrogen-bond donors (Lipinski definition) is 1. The molecular weight excluding hydrogens is 245 g/mol. The summed E-state index contributed by atoms with van der Waals surface area (Å²) in [5.74, 6) is 0.158. The molecule has 0 saturated heterocycles. The summed E-state index contributed by atoms with van der Waals surface area (Å²) in [4.78, 5) is 12.0. The Kier molecular flexibility index (Phi) is 3.80. The van der Waals surface area contributed by atoms with Crippen LogP contribution in [-0.2, 0) is 0 Å². The SMILES string of the molecule is COc1ccc(C(=O)Nc2ccc(F)c(C)c2)cc1. The van der Waals surface area contributed by atoms with Crippen LogP contribution in [0.2, 0.25) is 0 Å². The zero-order chi connectivity index (χ0) is 13.8. The normalized spacial score (nSPS) is 10.1. The Labute approximate surface area is 111 Å². The molecule has 1 amide bonds. The predicted molar refractivity (Wildman–Crippen MR) is 72.1 cm³/mol. The van der Waals surface area contributed by atoms with Gasteiger partial charge in [0.05, 0.1) is 7.11 Å². The van der Waals surface area contributed by atoms with Gasteiger partial charge in [0, 0.05) is 11.3 Å². The standard InChI is InChI=1S/C15H14FNO2/c1-10-9-12(5-8-14(10)16)17-15(18)11-3-6-13(19-2)7-4-11/h3-9H,1-2H3,(H,17,18). The number of ether oxygens (including phenoxy) is 1. The third-order valence-electron chi connectivity index (χ3n) is 2.77. The summed E-state index contributed by atoms with van der Waals surface area (Å²) in [6, 6.07) is 11.2. The molecule has 1 N–H and O–H groups in total. The molecular formula is C15H14FNO2. The number of aryl methyl sites for hydroxylation is 1. The lowest BCUT2D eigenvalue weighted by atomic mass is 10.1. The van der Waals surface area contributed by atoms with Crippen LogP contribution in [0.4, 0.5) is 10.1 Å². The Balaban J connectivity index is 2.13. The first-order valence-electron chi connectivity index (χ1n) is 5.81. The molecule has 2 aromatic carbocycles. The van der Waals surface area contributed by atoms with E-state index in [4.69, 9.17) is 4.74 Å². The number of rotatable bonds is 3. The second kappa shape index (κ2) is 5.52. The molecule has 0 unspecified atom stereocenters. The maximum Gasteiger partial charge on any atom is 0.255 e. The highest BCUT2D eigenvalue weighted by Crippen LogP contribution is 2.16. The van der Waals surface area contributed by atoms with Crippen molar-refractivity contribution in [1.82, 2.24) is 0 Å². The minimum absolute atomic E-state index is 0.242. The number of anilines is 1. The van der Waals surface area contributed by atoms with Gasteiger partial charge in [0.15, 0.2) is 0 Å². The van der Waals surface area contributed by atoms with Crippen molar-refractivity contribution in [1.29, 1.82) is 0 Å². The number of benzene rings is 2. The quantitative estimate of drug-likeness (QED) is 0.917. The Morgan fingerprint density at radius 1 is 1.16 bits per heavy atom. The van der Waals surface area contributed by atoms with Crippen molar-refractivity contribution in [2.24, 2.45) is 0 Å². The fourth-order valence-corrected chi connectivity index (χ4v) is 1.67. The van der Waals surface area contributed by atoms with Gasteiger partial charge in [0.1, 0.15) is 11.6 Å². The van der Waals surface area contributed by atoms with E-state index in [9.17, 15) is 9.18 Å². The van der Waals surface area contributed by atoms with Crippen molar-refractivity contribution >= 4 is 11.6 Å². The fourth-order valence-electron chi connectivity index (χ4n) is 1.67. The van der Waals surface area contributed by atoms with Gasteiger partial charge in [-0.2, -0.15) is 0 Å². The number of amides is 1. The van der Waals surface area contributed by atoms with E-state index in [1.165, 1.54) is 12.1 Å². The summed E-state index contributed by atoms with van der Waals surface area (Å²) < 4.78 is 18.1. The smallest absolute Gasteiger partial charge is 0.255 e.